The lowest BCUT2D eigenvalue weighted by atomic mass is 10.3. The Morgan fingerprint density at radius 2 is 2.12 bits per heavy atom. The third-order valence-electron chi connectivity index (χ3n) is 2.24. The zero-order chi connectivity index (χ0) is 12.3. The lowest BCUT2D eigenvalue weighted by Gasteiger charge is -2.10. The van der Waals surface area contributed by atoms with Gasteiger partial charge in [-0.2, -0.15) is 0 Å². The molecular weight excluding hydrogens is 338 g/mol. The van der Waals surface area contributed by atoms with Crippen LogP contribution in [0.1, 0.15) is 10.9 Å². The van der Waals surface area contributed by atoms with Crippen molar-refractivity contribution in [2.24, 2.45) is 5.73 Å². The molecule has 2 rings (SSSR count). The van der Waals surface area contributed by atoms with Crippen molar-refractivity contribution in [3.63, 3.8) is 0 Å². The zero-order valence-electron chi connectivity index (χ0n) is 8.90. The number of nitrogens with two attached hydrogens (primary N) is 1. The van der Waals surface area contributed by atoms with Gasteiger partial charge < -0.3 is 5.73 Å². The van der Waals surface area contributed by atoms with Gasteiger partial charge in [-0.1, -0.05) is 23.7 Å². The molecule has 2 N–H and O–H groups in total. The van der Waals surface area contributed by atoms with E-state index < -0.39 is 0 Å². The second kappa shape index (κ2) is 6.25. The van der Waals surface area contributed by atoms with Gasteiger partial charge >= 0.3 is 0 Å². The molecule has 0 aliphatic carbocycles. The van der Waals surface area contributed by atoms with Crippen molar-refractivity contribution < 1.29 is 0 Å². The van der Waals surface area contributed by atoms with E-state index >= 15 is 0 Å². The molecule has 0 bridgehead atoms. The minimum Gasteiger partial charge on any atom is -0.323 e. The van der Waals surface area contributed by atoms with Gasteiger partial charge in [-0.05, 0) is 39.5 Å². The first-order valence-electron chi connectivity index (χ1n) is 5.04. The number of benzene rings is 1. The molecule has 0 radical (unpaired) electrons. The highest BCUT2D eigenvalue weighted by Crippen LogP contribution is 2.33. The fourth-order valence-corrected chi connectivity index (χ4v) is 4.37. The van der Waals surface area contributed by atoms with E-state index in [1.54, 1.807) is 23.1 Å². The van der Waals surface area contributed by atoms with Crippen LogP contribution >= 0.6 is 50.6 Å². The third kappa shape index (κ3) is 3.48. The van der Waals surface area contributed by atoms with Gasteiger partial charge in [-0.25, -0.2) is 0 Å². The van der Waals surface area contributed by atoms with Gasteiger partial charge in [0, 0.05) is 26.0 Å². The molecule has 1 atom stereocenters. The first-order chi connectivity index (χ1) is 8.18. The predicted octanol–water partition coefficient (Wildman–Crippen LogP) is 4.96. The van der Waals surface area contributed by atoms with Gasteiger partial charge in [-0.15, -0.1) is 23.1 Å². The number of thiophene rings is 1. The smallest absolute Gasteiger partial charge is 0.0541 e. The molecule has 1 nitrogen and oxygen atoms in total. The van der Waals surface area contributed by atoms with Crippen molar-refractivity contribution in [1.29, 1.82) is 0 Å². The van der Waals surface area contributed by atoms with Gasteiger partial charge in [0.2, 0.25) is 0 Å². The highest BCUT2D eigenvalue weighted by molar-refractivity contribution is 9.10. The Morgan fingerprint density at radius 3 is 2.76 bits per heavy atom. The molecule has 2 aromatic rings. The predicted molar refractivity (Wildman–Crippen MR) is 81.1 cm³/mol. The maximum absolute atomic E-state index is 6.15. The first kappa shape index (κ1) is 13.4. The largest absolute Gasteiger partial charge is 0.323 e. The molecule has 0 spiro atoms. The van der Waals surface area contributed by atoms with Gasteiger partial charge in [0.15, 0.2) is 0 Å². The Kier molecular flexibility index (Phi) is 4.94. The van der Waals surface area contributed by atoms with Crippen LogP contribution in [0, 0.1) is 0 Å². The summed E-state index contributed by atoms with van der Waals surface area (Å²) < 4.78 is 1.09. The van der Waals surface area contributed by atoms with Crippen LogP contribution in [-0.4, -0.2) is 5.75 Å². The number of halogens is 2. The summed E-state index contributed by atoms with van der Waals surface area (Å²) in [6, 6.07) is 9.90. The van der Waals surface area contributed by atoms with E-state index in [4.69, 9.17) is 17.3 Å². The molecule has 0 aliphatic rings. The summed E-state index contributed by atoms with van der Waals surface area (Å²) in [4.78, 5) is 2.27. The molecule has 1 aromatic carbocycles. The SMILES string of the molecule is NC(CSc1ccccc1Cl)c1sccc1Br. The number of rotatable bonds is 4. The van der Waals surface area contributed by atoms with E-state index in [-0.39, 0.29) is 6.04 Å². The van der Waals surface area contributed by atoms with Gasteiger partial charge in [0.25, 0.3) is 0 Å². The van der Waals surface area contributed by atoms with Gasteiger partial charge in [-0.3, -0.25) is 0 Å². The molecule has 0 fully saturated rings. The summed E-state index contributed by atoms with van der Waals surface area (Å²) in [5.74, 6) is 0.822. The van der Waals surface area contributed by atoms with E-state index in [1.165, 1.54) is 4.88 Å². The lowest BCUT2D eigenvalue weighted by Crippen LogP contribution is -2.11. The van der Waals surface area contributed by atoms with Crippen LogP contribution in [0.3, 0.4) is 0 Å². The van der Waals surface area contributed by atoms with E-state index in [0.29, 0.717) is 0 Å². The average Bonchev–Trinajstić information content (AvgIpc) is 2.74. The van der Waals surface area contributed by atoms with Crippen LogP contribution in [0.5, 0.6) is 0 Å². The van der Waals surface area contributed by atoms with Crippen LogP contribution in [0.25, 0.3) is 0 Å². The summed E-state index contributed by atoms with van der Waals surface area (Å²) in [7, 11) is 0. The second-order valence-electron chi connectivity index (χ2n) is 3.48. The quantitative estimate of drug-likeness (QED) is 0.791. The summed E-state index contributed by atoms with van der Waals surface area (Å²) in [5, 5.41) is 2.83. The molecule has 0 aliphatic heterocycles. The van der Waals surface area contributed by atoms with Gasteiger partial charge in [0.05, 0.1) is 5.02 Å². The zero-order valence-corrected chi connectivity index (χ0v) is 12.9. The fourth-order valence-electron chi connectivity index (χ4n) is 1.39. The van der Waals surface area contributed by atoms with Crippen LogP contribution < -0.4 is 5.73 Å². The molecule has 1 aromatic heterocycles. The molecule has 0 saturated heterocycles. The number of hydrogen-bond acceptors (Lipinski definition) is 3. The number of hydrogen-bond donors (Lipinski definition) is 1. The van der Waals surface area contributed by atoms with Crippen LogP contribution in [-0.2, 0) is 0 Å². The number of thioether (sulfide) groups is 1. The Morgan fingerprint density at radius 1 is 1.35 bits per heavy atom. The molecule has 1 unspecified atom stereocenters. The van der Waals surface area contributed by atoms with E-state index in [1.807, 2.05) is 35.7 Å². The van der Waals surface area contributed by atoms with Crippen LogP contribution in [0.15, 0.2) is 45.1 Å². The van der Waals surface area contributed by atoms with E-state index in [2.05, 4.69) is 15.9 Å². The minimum atomic E-state index is 0.0330. The van der Waals surface area contributed by atoms with Crippen molar-refractivity contribution in [1.82, 2.24) is 0 Å². The van der Waals surface area contributed by atoms with Crippen molar-refractivity contribution in [2.45, 2.75) is 10.9 Å². The maximum Gasteiger partial charge on any atom is 0.0541 e. The highest BCUT2D eigenvalue weighted by Gasteiger charge is 2.12. The molecule has 5 heteroatoms. The Balaban J connectivity index is 2.00. The third-order valence-corrected chi connectivity index (χ3v) is 5.87. The first-order valence-corrected chi connectivity index (χ1v) is 8.08. The average molecular weight is 349 g/mol. The maximum atomic E-state index is 6.15. The Labute approximate surface area is 122 Å². The van der Waals surface area contributed by atoms with Gasteiger partial charge in [0.1, 0.15) is 0 Å². The summed E-state index contributed by atoms with van der Waals surface area (Å²) in [6.45, 7) is 0. The molecular formula is C12H11BrClNS2. The van der Waals surface area contributed by atoms with E-state index in [0.717, 1.165) is 20.1 Å². The van der Waals surface area contributed by atoms with E-state index in [9.17, 15) is 0 Å². The standard InChI is InChI=1S/C12H11BrClNS2/c13-8-5-6-16-12(8)10(15)7-17-11-4-2-1-3-9(11)14/h1-6,10H,7,15H2. The molecule has 17 heavy (non-hydrogen) atoms. The summed E-state index contributed by atoms with van der Waals surface area (Å²) >= 11 is 13.0. The molecule has 0 amide bonds. The monoisotopic (exact) mass is 347 g/mol. The Bertz CT molecular complexity index is 501. The lowest BCUT2D eigenvalue weighted by molar-refractivity contribution is 0.848. The van der Waals surface area contributed by atoms with Crippen molar-refractivity contribution in [3.8, 4) is 0 Å². The Hall–Kier alpha value is -0.000000000000000111. The van der Waals surface area contributed by atoms with Crippen molar-refractivity contribution in [3.05, 3.63) is 50.1 Å². The normalized spacial score (nSPS) is 12.6. The molecule has 0 saturated carbocycles. The summed E-state index contributed by atoms with van der Waals surface area (Å²) in [5.41, 5.74) is 6.15. The fraction of sp³-hybridized carbons (Fsp3) is 0.167. The minimum absolute atomic E-state index is 0.0330. The molecule has 90 valence electrons. The van der Waals surface area contributed by atoms with Crippen LogP contribution in [0.4, 0.5) is 0 Å². The summed E-state index contributed by atoms with van der Waals surface area (Å²) in [6.07, 6.45) is 0. The molecule has 1 heterocycles. The second-order valence-corrected chi connectivity index (χ2v) is 6.75. The van der Waals surface area contributed by atoms with Crippen molar-refractivity contribution >= 4 is 50.6 Å². The van der Waals surface area contributed by atoms with Crippen LogP contribution in [0.2, 0.25) is 5.02 Å². The van der Waals surface area contributed by atoms with Crippen molar-refractivity contribution in [2.75, 3.05) is 5.75 Å². The topological polar surface area (TPSA) is 26.0 Å². The highest BCUT2D eigenvalue weighted by atomic mass is 79.9.